The van der Waals surface area contributed by atoms with Crippen LogP contribution in [-0.4, -0.2) is 37.3 Å². The summed E-state index contributed by atoms with van der Waals surface area (Å²) in [5.74, 6) is 0.104. The third kappa shape index (κ3) is 6.83. The average Bonchev–Trinajstić information content (AvgIpc) is 3.25. The van der Waals surface area contributed by atoms with E-state index in [9.17, 15) is 9.59 Å². The molecule has 0 aliphatic heterocycles. The first-order valence-corrected chi connectivity index (χ1v) is 12.2. The number of pyridine rings is 2. The quantitative estimate of drug-likeness (QED) is 0.351. The Kier molecular flexibility index (Phi) is 7.45. The Morgan fingerprint density at radius 3 is 2.62 bits per heavy atom. The van der Waals surface area contributed by atoms with E-state index in [1.165, 1.54) is 0 Å². The van der Waals surface area contributed by atoms with Gasteiger partial charge in [-0.1, -0.05) is 17.7 Å². The number of aromatic nitrogens is 4. The Hall–Kier alpha value is -3.98. The van der Waals surface area contributed by atoms with Crippen molar-refractivity contribution in [2.45, 2.75) is 53.3 Å². The molecule has 0 aliphatic rings. The van der Waals surface area contributed by atoms with Crippen LogP contribution in [0.5, 0.6) is 0 Å². The van der Waals surface area contributed by atoms with Gasteiger partial charge in [0.05, 0.1) is 17.1 Å². The van der Waals surface area contributed by atoms with Crippen LogP contribution in [0.25, 0.3) is 10.9 Å². The third-order valence-corrected chi connectivity index (χ3v) is 5.75. The summed E-state index contributed by atoms with van der Waals surface area (Å²) in [6, 6.07) is 11.2. The van der Waals surface area contributed by atoms with Crippen molar-refractivity contribution in [1.29, 1.82) is 0 Å². The number of nitrogens with one attached hydrogen (secondary N) is 2. The van der Waals surface area contributed by atoms with Crippen molar-refractivity contribution in [3.63, 3.8) is 0 Å². The summed E-state index contributed by atoms with van der Waals surface area (Å²) in [5, 5.41) is 11.5. The smallest absolute Gasteiger partial charge is 0.413 e. The molecule has 10 heteroatoms. The zero-order valence-electron chi connectivity index (χ0n) is 21.4. The number of hydrogen-bond donors (Lipinski definition) is 2. The second kappa shape index (κ2) is 10.6. The second-order valence-corrected chi connectivity index (χ2v) is 10.2. The second-order valence-electron chi connectivity index (χ2n) is 9.78. The lowest BCUT2D eigenvalue weighted by Crippen LogP contribution is -2.28. The largest absolute Gasteiger partial charge is 0.444 e. The van der Waals surface area contributed by atoms with E-state index in [0.717, 1.165) is 27.6 Å². The number of halogens is 1. The summed E-state index contributed by atoms with van der Waals surface area (Å²) in [5.41, 5.74) is 4.04. The zero-order chi connectivity index (χ0) is 26.7. The van der Waals surface area contributed by atoms with Gasteiger partial charge in [-0.15, -0.1) is 0 Å². The molecule has 0 saturated carbocycles. The van der Waals surface area contributed by atoms with Crippen LogP contribution in [0.15, 0.2) is 48.8 Å². The van der Waals surface area contributed by atoms with Crippen molar-refractivity contribution in [2.24, 2.45) is 0 Å². The molecule has 4 aromatic rings. The molecule has 0 radical (unpaired) electrons. The Labute approximate surface area is 220 Å². The highest BCUT2D eigenvalue weighted by molar-refractivity contribution is 6.31. The lowest BCUT2D eigenvalue weighted by atomic mass is 10.1. The highest BCUT2D eigenvalue weighted by Crippen LogP contribution is 2.20. The van der Waals surface area contributed by atoms with Gasteiger partial charge in [0.15, 0.2) is 0 Å². The van der Waals surface area contributed by atoms with Crippen LogP contribution in [0, 0.1) is 13.8 Å². The number of carbonyl (C=O) groups excluding carboxylic acids is 2. The highest BCUT2D eigenvalue weighted by Gasteiger charge is 2.18. The van der Waals surface area contributed by atoms with Crippen LogP contribution < -0.4 is 10.6 Å². The van der Waals surface area contributed by atoms with Crippen LogP contribution in [0.1, 0.15) is 53.6 Å². The van der Waals surface area contributed by atoms with Crippen LogP contribution in [0.3, 0.4) is 0 Å². The maximum absolute atomic E-state index is 12.8. The minimum Gasteiger partial charge on any atom is -0.444 e. The van der Waals surface area contributed by atoms with Gasteiger partial charge in [0, 0.05) is 30.0 Å². The van der Waals surface area contributed by atoms with E-state index in [1.54, 1.807) is 50.0 Å². The predicted molar refractivity (Wildman–Crippen MR) is 143 cm³/mol. The number of benzene rings is 1. The molecule has 0 saturated heterocycles. The first kappa shape index (κ1) is 26.1. The monoisotopic (exact) mass is 520 g/mol. The molecule has 0 spiro atoms. The summed E-state index contributed by atoms with van der Waals surface area (Å²) in [6.45, 7) is 9.90. The highest BCUT2D eigenvalue weighted by atomic mass is 35.5. The fourth-order valence-corrected chi connectivity index (χ4v) is 4.03. The third-order valence-electron chi connectivity index (χ3n) is 5.54. The number of aryl methyl sites for hydroxylation is 2. The molecular weight excluding hydrogens is 492 g/mol. The fourth-order valence-electron chi connectivity index (χ4n) is 3.87. The van der Waals surface area contributed by atoms with Gasteiger partial charge in [-0.3, -0.25) is 19.8 Å². The number of anilines is 1. The molecule has 4 rings (SSSR count). The van der Waals surface area contributed by atoms with E-state index in [2.05, 4.69) is 25.7 Å². The van der Waals surface area contributed by atoms with Crippen LogP contribution in [0.2, 0.25) is 5.02 Å². The van der Waals surface area contributed by atoms with Gasteiger partial charge in [0.25, 0.3) is 5.91 Å². The van der Waals surface area contributed by atoms with Crippen molar-refractivity contribution in [1.82, 2.24) is 25.1 Å². The van der Waals surface area contributed by atoms with E-state index in [0.29, 0.717) is 28.8 Å². The van der Waals surface area contributed by atoms with Gasteiger partial charge in [-0.2, -0.15) is 5.10 Å². The molecule has 2 N–H and O–H groups in total. The van der Waals surface area contributed by atoms with E-state index in [4.69, 9.17) is 16.3 Å². The Balaban J connectivity index is 1.38. The van der Waals surface area contributed by atoms with Crippen molar-refractivity contribution in [3.05, 3.63) is 81.9 Å². The first-order chi connectivity index (χ1) is 17.5. The maximum Gasteiger partial charge on any atom is 0.413 e. The first-order valence-electron chi connectivity index (χ1n) is 11.8. The van der Waals surface area contributed by atoms with Crippen molar-refractivity contribution >= 4 is 40.3 Å². The molecule has 9 nitrogen and oxygen atoms in total. The topological polar surface area (TPSA) is 111 Å². The van der Waals surface area contributed by atoms with Crippen molar-refractivity contribution < 1.29 is 14.3 Å². The number of amides is 2. The molecule has 192 valence electrons. The summed E-state index contributed by atoms with van der Waals surface area (Å²) < 4.78 is 6.99. The Morgan fingerprint density at radius 1 is 1.11 bits per heavy atom. The number of rotatable bonds is 6. The molecule has 3 aromatic heterocycles. The molecule has 0 bridgehead atoms. The normalized spacial score (nSPS) is 11.4. The Bertz CT molecular complexity index is 1450. The van der Waals surface area contributed by atoms with Gasteiger partial charge in [0.1, 0.15) is 17.1 Å². The molecule has 37 heavy (non-hydrogen) atoms. The summed E-state index contributed by atoms with van der Waals surface area (Å²) in [6.07, 6.45) is 2.82. The standard InChI is InChI=1S/C27H29ClN6O3/c1-16-10-24(32-26(36)37-27(3,4)5)31-17(2)21(16)14-30-25(35)23-8-9-34(33-23)15-18-6-7-22-19(11-18)12-20(28)13-29-22/h6-13H,14-15H2,1-5H3,(H,30,35)(H,31,32,36). The SMILES string of the molecule is Cc1cc(NC(=O)OC(C)(C)C)nc(C)c1CNC(=O)c1ccn(Cc2ccc3ncc(Cl)cc3c2)n1. The lowest BCUT2D eigenvalue weighted by Gasteiger charge is -2.20. The number of ether oxygens (including phenoxy) is 1. The predicted octanol–water partition coefficient (Wildman–Crippen LogP) is 5.42. The minimum atomic E-state index is -0.605. The van der Waals surface area contributed by atoms with E-state index in [1.807, 2.05) is 38.1 Å². The molecule has 1 aromatic carbocycles. The maximum atomic E-state index is 12.8. The van der Waals surface area contributed by atoms with Crippen molar-refractivity contribution in [2.75, 3.05) is 5.32 Å². The molecular formula is C27H29ClN6O3. The van der Waals surface area contributed by atoms with E-state index in [-0.39, 0.29) is 12.5 Å². The molecule has 3 heterocycles. The molecule has 0 unspecified atom stereocenters. The zero-order valence-corrected chi connectivity index (χ0v) is 22.2. The summed E-state index contributed by atoms with van der Waals surface area (Å²) >= 11 is 6.06. The molecule has 2 amide bonds. The van der Waals surface area contributed by atoms with Gasteiger partial charge < -0.3 is 10.1 Å². The minimum absolute atomic E-state index is 0.279. The van der Waals surface area contributed by atoms with Crippen molar-refractivity contribution in [3.8, 4) is 0 Å². The van der Waals surface area contributed by atoms with E-state index < -0.39 is 11.7 Å². The van der Waals surface area contributed by atoms with Gasteiger partial charge >= 0.3 is 6.09 Å². The summed E-state index contributed by atoms with van der Waals surface area (Å²) in [4.78, 5) is 33.6. The lowest BCUT2D eigenvalue weighted by molar-refractivity contribution is 0.0635. The number of hydrogen-bond acceptors (Lipinski definition) is 6. The number of fused-ring (bicyclic) bond motifs is 1. The summed E-state index contributed by atoms with van der Waals surface area (Å²) in [7, 11) is 0. The number of nitrogens with zero attached hydrogens (tertiary/aromatic N) is 4. The van der Waals surface area contributed by atoms with Gasteiger partial charge in [-0.25, -0.2) is 9.78 Å². The van der Waals surface area contributed by atoms with Gasteiger partial charge in [-0.05, 0) is 81.6 Å². The van der Waals surface area contributed by atoms with Crippen LogP contribution >= 0.6 is 11.6 Å². The fraction of sp³-hybridized carbons (Fsp3) is 0.296. The number of carbonyl (C=O) groups is 2. The van der Waals surface area contributed by atoms with E-state index >= 15 is 0 Å². The van der Waals surface area contributed by atoms with Gasteiger partial charge in [0.2, 0.25) is 0 Å². The van der Waals surface area contributed by atoms with Crippen LogP contribution in [0.4, 0.5) is 10.6 Å². The average molecular weight is 521 g/mol. The van der Waals surface area contributed by atoms with Crippen LogP contribution in [-0.2, 0) is 17.8 Å². The molecule has 0 atom stereocenters. The molecule has 0 fully saturated rings. The molecule has 0 aliphatic carbocycles. The Morgan fingerprint density at radius 2 is 1.89 bits per heavy atom.